The monoisotopic (exact) mass is 253 g/mol. The Morgan fingerprint density at radius 3 is 1.71 bits per heavy atom. The number of hydrogen-bond donors (Lipinski definition) is 0. The summed E-state index contributed by atoms with van der Waals surface area (Å²) in [5.41, 5.74) is 0. The minimum atomic E-state index is -0.752. The third kappa shape index (κ3) is 7.04. The van der Waals surface area contributed by atoms with Gasteiger partial charge in [0.15, 0.2) is 0 Å². The van der Waals surface area contributed by atoms with E-state index in [0.29, 0.717) is 0 Å². The number of unbranched alkanes of at least 4 members (excludes halogenated alkanes) is 8. The molecule has 98 valence electrons. The van der Waals surface area contributed by atoms with Gasteiger partial charge in [-0.3, -0.25) is 0 Å². The average molecular weight is 253 g/mol. The third-order valence-corrected chi connectivity index (χ3v) is 6.69. The van der Waals surface area contributed by atoms with Crippen LogP contribution in [0.4, 0.5) is 0 Å². The SMILES string of the molecule is CCCCCCCCCCC[P+]1(C)C=CC=C1. The molecule has 1 heteroatoms. The zero-order valence-electron chi connectivity index (χ0n) is 11.8. The van der Waals surface area contributed by atoms with Crippen molar-refractivity contribution in [2.45, 2.75) is 64.7 Å². The van der Waals surface area contributed by atoms with E-state index in [2.05, 4.69) is 37.4 Å². The van der Waals surface area contributed by atoms with Crippen LogP contribution in [0.25, 0.3) is 0 Å². The molecule has 0 unspecified atom stereocenters. The smallest absolute Gasteiger partial charge is 0.0654 e. The fraction of sp³-hybridized carbons (Fsp3) is 0.750. The first-order valence-corrected chi connectivity index (χ1v) is 10.0. The summed E-state index contributed by atoms with van der Waals surface area (Å²) in [5, 5.41) is 0. The zero-order chi connectivity index (χ0) is 12.4. The van der Waals surface area contributed by atoms with Crippen LogP contribution in [0.2, 0.25) is 0 Å². The van der Waals surface area contributed by atoms with Gasteiger partial charge in [-0.1, -0.05) is 51.9 Å². The standard InChI is InChI=1S/C16H30P/c1-3-4-5-6-7-8-9-10-11-14-17(2)15-12-13-16-17/h12-13,15-16H,3-11,14H2,1-2H3/q+1. The molecule has 1 aliphatic heterocycles. The molecule has 0 atom stereocenters. The largest absolute Gasteiger partial charge is 0.0674 e. The van der Waals surface area contributed by atoms with Crippen LogP contribution in [0.5, 0.6) is 0 Å². The minimum Gasteiger partial charge on any atom is -0.0654 e. The fourth-order valence-electron chi connectivity index (χ4n) is 2.45. The first-order chi connectivity index (χ1) is 8.27. The first kappa shape index (κ1) is 15.0. The predicted octanol–water partition coefficient (Wildman–Crippen LogP) is 6.21. The Bertz CT molecular complexity index is 228. The Kier molecular flexibility index (Phi) is 7.86. The fourth-order valence-corrected chi connectivity index (χ4v) is 4.74. The maximum Gasteiger partial charge on any atom is 0.0674 e. The highest BCUT2D eigenvalue weighted by Crippen LogP contribution is 2.61. The van der Waals surface area contributed by atoms with Gasteiger partial charge in [-0.15, -0.1) is 0 Å². The molecule has 0 aliphatic carbocycles. The lowest BCUT2D eigenvalue weighted by atomic mass is 10.1. The molecule has 0 aromatic carbocycles. The van der Waals surface area contributed by atoms with E-state index >= 15 is 0 Å². The van der Waals surface area contributed by atoms with Crippen LogP contribution in [0.15, 0.2) is 23.8 Å². The lowest BCUT2D eigenvalue weighted by molar-refractivity contribution is 0.573. The van der Waals surface area contributed by atoms with Crippen LogP contribution in [0, 0.1) is 0 Å². The van der Waals surface area contributed by atoms with E-state index in [0.717, 1.165) is 0 Å². The summed E-state index contributed by atoms with van der Waals surface area (Å²) in [4.78, 5) is 0. The highest BCUT2D eigenvalue weighted by atomic mass is 31.2. The summed E-state index contributed by atoms with van der Waals surface area (Å²) in [6.07, 6.45) is 18.9. The molecule has 0 nitrogen and oxygen atoms in total. The summed E-state index contributed by atoms with van der Waals surface area (Å²) in [6.45, 7) is 4.74. The summed E-state index contributed by atoms with van der Waals surface area (Å²) in [6, 6.07) is 0. The summed E-state index contributed by atoms with van der Waals surface area (Å²) < 4.78 is 0. The quantitative estimate of drug-likeness (QED) is 0.321. The maximum absolute atomic E-state index is 2.46. The molecule has 1 aliphatic rings. The van der Waals surface area contributed by atoms with E-state index in [1.165, 1.54) is 63.9 Å². The van der Waals surface area contributed by atoms with Crippen molar-refractivity contribution in [3.05, 3.63) is 23.8 Å². The van der Waals surface area contributed by atoms with E-state index in [1.807, 2.05) is 0 Å². The molecule has 0 bridgehead atoms. The number of allylic oxidation sites excluding steroid dienone is 2. The molecule has 1 heterocycles. The predicted molar refractivity (Wildman–Crippen MR) is 83.2 cm³/mol. The van der Waals surface area contributed by atoms with Crippen molar-refractivity contribution < 1.29 is 0 Å². The van der Waals surface area contributed by atoms with Crippen molar-refractivity contribution in [3.8, 4) is 0 Å². The van der Waals surface area contributed by atoms with Crippen LogP contribution in [0.1, 0.15) is 64.7 Å². The van der Waals surface area contributed by atoms with Crippen molar-refractivity contribution in [2.24, 2.45) is 0 Å². The Labute approximate surface area is 109 Å². The molecule has 0 saturated carbocycles. The Morgan fingerprint density at radius 1 is 0.706 bits per heavy atom. The van der Waals surface area contributed by atoms with Gasteiger partial charge in [-0.05, 0) is 25.0 Å². The van der Waals surface area contributed by atoms with Crippen molar-refractivity contribution in [3.63, 3.8) is 0 Å². The number of hydrogen-bond acceptors (Lipinski definition) is 0. The molecule has 0 saturated heterocycles. The molecule has 0 aromatic heterocycles. The van der Waals surface area contributed by atoms with E-state index in [4.69, 9.17) is 0 Å². The molecule has 0 amide bonds. The first-order valence-electron chi connectivity index (χ1n) is 7.49. The van der Waals surface area contributed by atoms with Gasteiger partial charge in [0, 0.05) is 0 Å². The van der Waals surface area contributed by atoms with Crippen molar-refractivity contribution >= 4 is 7.26 Å². The second-order valence-corrected chi connectivity index (χ2v) is 9.32. The molecule has 0 fully saturated rings. The van der Waals surface area contributed by atoms with Crippen LogP contribution >= 0.6 is 7.26 Å². The maximum atomic E-state index is 2.46. The number of rotatable bonds is 10. The van der Waals surface area contributed by atoms with Crippen LogP contribution in [-0.2, 0) is 0 Å². The van der Waals surface area contributed by atoms with Crippen molar-refractivity contribution in [1.82, 2.24) is 0 Å². The van der Waals surface area contributed by atoms with Crippen LogP contribution in [0.3, 0.4) is 0 Å². The lowest BCUT2D eigenvalue weighted by Crippen LogP contribution is -1.90. The molecule has 1 rings (SSSR count). The molecule has 0 aromatic rings. The van der Waals surface area contributed by atoms with Crippen LogP contribution in [-0.4, -0.2) is 12.8 Å². The topological polar surface area (TPSA) is 0 Å². The van der Waals surface area contributed by atoms with Gasteiger partial charge in [0.05, 0.1) is 31.7 Å². The summed E-state index contributed by atoms with van der Waals surface area (Å²) in [7, 11) is -0.752. The Balaban J connectivity index is 1.85. The highest BCUT2D eigenvalue weighted by molar-refractivity contribution is 7.81. The summed E-state index contributed by atoms with van der Waals surface area (Å²) in [5.74, 6) is 4.91. The van der Waals surface area contributed by atoms with E-state index in [1.54, 1.807) is 0 Å². The van der Waals surface area contributed by atoms with E-state index in [9.17, 15) is 0 Å². The Hall–Kier alpha value is -0.0900. The third-order valence-electron chi connectivity index (χ3n) is 3.71. The van der Waals surface area contributed by atoms with E-state index in [-0.39, 0.29) is 0 Å². The van der Waals surface area contributed by atoms with Crippen molar-refractivity contribution in [2.75, 3.05) is 12.8 Å². The second kappa shape index (κ2) is 8.92. The van der Waals surface area contributed by atoms with Gasteiger partial charge >= 0.3 is 0 Å². The summed E-state index contributed by atoms with van der Waals surface area (Å²) >= 11 is 0. The molecule has 0 radical (unpaired) electrons. The Morgan fingerprint density at radius 2 is 1.18 bits per heavy atom. The van der Waals surface area contributed by atoms with Crippen molar-refractivity contribution in [1.29, 1.82) is 0 Å². The molecule has 17 heavy (non-hydrogen) atoms. The lowest BCUT2D eigenvalue weighted by Gasteiger charge is -2.11. The average Bonchev–Trinajstić information content (AvgIpc) is 2.74. The van der Waals surface area contributed by atoms with Gasteiger partial charge in [0.25, 0.3) is 0 Å². The molecular weight excluding hydrogens is 223 g/mol. The van der Waals surface area contributed by atoms with Crippen LogP contribution < -0.4 is 0 Å². The minimum absolute atomic E-state index is 0.752. The molecule has 0 spiro atoms. The van der Waals surface area contributed by atoms with Gasteiger partial charge < -0.3 is 0 Å². The van der Waals surface area contributed by atoms with E-state index < -0.39 is 7.26 Å². The molecule has 0 N–H and O–H groups in total. The van der Waals surface area contributed by atoms with Gasteiger partial charge in [-0.25, -0.2) is 0 Å². The second-order valence-electron chi connectivity index (χ2n) is 5.58. The highest BCUT2D eigenvalue weighted by Gasteiger charge is 2.26. The zero-order valence-corrected chi connectivity index (χ0v) is 12.7. The van der Waals surface area contributed by atoms with Gasteiger partial charge in [0.1, 0.15) is 0 Å². The normalized spacial score (nSPS) is 16.8. The molecular formula is C16H30P+. The van der Waals surface area contributed by atoms with Gasteiger partial charge in [0.2, 0.25) is 0 Å². The van der Waals surface area contributed by atoms with Gasteiger partial charge in [-0.2, -0.15) is 0 Å².